The minimum absolute atomic E-state index is 0.0200. The third kappa shape index (κ3) is 5.16. The van der Waals surface area contributed by atoms with Crippen LogP contribution in [0.5, 0.6) is 0 Å². The standard InChI is InChI=1S/C19H21NO5S/c1-14(19(22)23)12-20(13-15-7-4-3-5-8-15)18(21)16-9-6-10-17(11-16)26(2,24)25/h3-11,14H,12-13H2,1-2H3,(H,22,23)/t14-/m0/s1. The third-order valence-corrected chi connectivity index (χ3v) is 5.04. The number of rotatable bonds is 7. The summed E-state index contributed by atoms with van der Waals surface area (Å²) in [5, 5.41) is 9.18. The van der Waals surface area contributed by atoms with Gasteiger partial charge in [-0.25, -0.2) is 8.42 Å². The lowest BCUT2D eigenvalue weighted by molar-refractivity contribution is -0.141. The van der Waals surface area contributed by atoms with Crippen LogP contribution < -0.4 is 0 Å². The maximum atomic E-state index is 12.9. The van der Waals surface area contributed by atoms with Crippen LogP contribution in [0.1, 0.15) is 22.8 Å². The van der Waals surface area contributed by atoms with E-state index in [1.807, 2.05) is 30.3 Å². The number of amides is 1. The van der Waals surface area contributed by atoms with E-state index < -0.39 is 27.6 Å². The summed E-state index contributed by atoms with van der Waals surface area (Å²) < 4.78 is 23.5. The van der Waals surface area contributed by atoms with Gasteiger partial charge in [0.1, 0.15) is 0 Å². The molecule has 0 heterocycles. The molecule has 2 rings (SSSR count). The van der Waals surface area contributed by atoms with E-state index in [2.05, 4.69) is 0 Å². The molecule has 138 valence electrons. The van der Waals surface area contributed by atoms with Crippen molar-refractivity contribution < 1.29 is 23.1 Å². The minimum atomic E-state index is -3.44. The number of sulfone groups is 1. The number of nitrogens with zero attached hydrogens (tertiary/aromatic N) is 1. The van der Waals surface area contributed by atoms with Crippen molar-refractivity contribution in [2.45, 2.75) is 18.4 Å². The molecule has 0 aliphatic rings. The number of carboxylic acids is 1. The summed E-state index contributed by atoms with van der Waals surface area (Å²) in [6.45, 7) is 1.78. The van der Waals surface area contributed by atoms with Gasteiger partial charge in [-0.2, -0.15) is 0 Å². The highest BCUT2D eigenvalue weighted by Gasteiger charge is 2.23. The molecule has 0 saturated carbocycles. The predicted octanol–water partition coefficient (Wildman–Crippen LogP) is 2.45. The van der Waals surface area contributed by atoms with Gasteiger partial charge in [-0.3, -0.25) is 9.59 Å². The molecule has 1 atom stereocenters. The van der Waals surface area contributed by atoms with E-state index in [0.717, 1.165) is 11.8 Å². The number of carbonyl (C=O) groups excluding carboxylic acids is 1. The van der Waals surface area contributed by atoms with Gasteiger partial charge in [-0.05, 0) is 23.8 Å². The molecule has 0 bridgehead atoms. The molecule has 7 heteroatoms. The second kappa shape index (κ2) is 8.14. The molecule has 0 saturated heterocycles. The molecular weight excluding hydrogens is 354 g/mol. The number of aliphatic carboxylic acids is 1. The molecule has 0 fully saturated rings. The fraction of sp³-hybridized carbons (Fsp3) is 0.263. The molecule has 1 N–H and O–H groups in total. The van der Waals surface area contributed by atoms with Crippen LogP contribution in [0, 0.1) is 5.92 Å². The number of hydrogen-bond donors (Lipinski definition) is 1. The van der Waals surface area contributed by atoms with Crippen LogP contribution in [-0.2, 0) is 21.2 Å². The van der Waals surface area contributed by atoms with Gasteiger partial charge in [0.15, 0.2) is 9.84 Å². The number of carboxylic acid groups (broad SMARTS) is 1. The number of hydrogen-bond acceptors (Lipinski definition) is 4. The summed E-state index contributed by atoms with van der Waals surface area (Å²) in [5.41, 5.74) is 1.07. The van der Waals surface area contributed by atoms with Gasteiger partial charge in [0.2, 0.25) is 0 Å². The summed E-state index contributed by atoms with van der Waals surface area (Å²) in [4.78, 5) is 25.6. The first-order valence-corrected chi connectivity index (χ1v) is 9.93. The molecule has 0 spiro atoms. The van der Waals surface area contributed by atoms with E-state index in [0.29, 0.717) is 0 Å². The first kappa shape index (κ1) is 19.7. The molecule has 0 radical (unpaired) electrons. The van der Waals surface area contributed by atoms with E-state index in [4.69, 9.17) is 0 Å². The summed E-state index contributed by atoms with van der Waals surface area (Å²) in [5.74, 6) is -2.16. The monoisotopic (exact) mass is 375 g/mol. The van der Waals surface area contributed by atoms with Crippen molar-refractivity contribution in [2.75, 3.05) is 12.8 Å². The Hall–Kier alpha value is -2.67. The van der Waals surface area contributed by atoms with E-state index in [-0.39, 0.29) is 23.5 Å². The van der Waals surface area contributed by atoms with Crippen LogP contribution >= 0.6 is 0 Å². The minimum Gasteiger partial charge on any atom is -0.481 e. The zero-order valence-electron chi connectivity index (χ0n) is 14.6. The fourth-order valence-corrected chi connectivity index (χ4v) is 3.14. The summed E-state index contributed by atoms with van der Waals surface area (Å²) in [6.07, 6.45) is 1.07. The van der Waals surface area contributed by atoms with Crippen molar-refractivity contribution >= 4 is 21.7 Å². The van der Waals surface area contributed by atoms with Crippen LogP contribution in [0.4, 0.5) is 0 Å². The summed E-state index contributed by atoms with van der Waals surface area (Å²) in [7, 11) is -3.44. The van der Waals surface area contributed by atoms with E-state index in [1.165, 1.54) is 36.1 Å². The Bertz CT molecular complexity index is 893. The maximum Gasteiger partial charge on any atom is 0.308 e. The quantitative estimate of drug-likeness (QED) is 0.803. The second-order valence-corrected chi connectivity index (χ2v) is 8.23. The molecule has 0 aliphatic carbocycles. The smallest absolute Gasteiger partial charge is 0.308 e. The van der Waals surface area contributed by atoms with Gasteiger partial charge in [0, 0.05) is 24.9 Å². The van der Waals surface area contributed by atoms with Crippen LogP contribution in [-0.4, -0.2) is 43.1 Å². The van der Waals surface area contributed by atoms with Gasteiger partial charge in [0.05, 0.1) is 10.8 Å². The lowest BCUT2D eigenvalue weighted by Crippen LogP contribution is -2.36. The van der Waals surface area contributed by atoms with Crippen molar-refractivity contribution in [3.8, 4) is 0 Å². The molecule has 0 aliphatic heterocycles. The van der Waals surface area contributed by atoms with Gasteiger partial charge < -0.3 is 10.0 Å². The lowest BCUT2D eigenvalue weighted by Gasteiger charge is -2.25. The Kier molecular flexibility index (Phi) is 6.15. The molecular formula is C19H21NO5S. The molecule has 2 aromatic rings. The average Bonchev–Trinajstić information content (AvgIpc) is 2.60. The highest BCUT2D eigenvalue weighted by atomic mass is 32.2. The molecule has 2 aromatic carbocycles. The summed E-state index contributed by atoms with van der Waals surface area (Å²) in [6, 6.07) is 15.0. The van der Waals surface area contributed by atoms with Crippen LogP contribution in [0.2, 0.25) is 0 Å². The predicted molar refractivity (Wildman–Crippen MR) is 97.5 cm³/mol. The molecule has 1 amide bonds. The zero-order chi connectivity index (χ0) is 19.3. The fourth-order valence-electron chi connectivity index (χ4n) is 2.47. The number of carbonyl (C=O) groups is 2. The largest absolute Gasteiger partial charge is 0.481 e. The van der Waals surface area contributed by atoms with E-state index in [1.54, 1.807) is 0 Å². The Morgan fingerprint density at radius 2 is 1.73 bits per heavy atom. The van der Waals surface area contributed by atoms with Gasteiger partial charge in [-0.15, -0.1) is 0 Å². The molecule has 0 unspecified atom stereocenters. The first-order chi connectivity index (χ1) is 12.2. The van der Waals surface area contributed by atoms with Crippen molar-refractivity contribution in [3.05, 3.63) is 65.7 Å². The molecule has 6 nitrogen and oxygen atoms in total. The van der Waals surface area contributed by atoms with E-state index in [9.17, 15) is 23.1 Å². The topological polar surface area (TPSA) is 91.8 Å². The Labute approximate surface area is 153 Å². The highest BCUT2D eigenvalue weighted by molar-refractivity contribution is 7.90. The first-order valence-electron chi connectivity index (χ1n) is 8.04. The van der Waals surface area contributed by atoms with Crippen LogP contribution in [0.25, 0.3) is 0 Å². The van der Waals surface area contributed by atoms with E-state index >= 15 is 0 Å². The Morgan fingerprint density at radius 3 is 2.31 bits per heavy atom. The van der Waals surface area contributed by atoms with Gasteiger partial charge >= 0.3 is 5.97 Å². The SMILES string of the molecule is C[C@@H](CN(Cc1ccccc1)C(=O)c1cccc(S(C)(=O)=O)c1)C(=O)O. The summed E-state index contributed by atoms with van der Waals surface area (Å²) >= 11 is 0. The van der Waals surface area contributed by atoms with Crippen LogP contribution in [0.3, 0.4) is 0 Å². The molecule has 0 aromatic heterocycles. The van der Waals surface area contributed by atoms with Crippen molar-refractivity contribution in [3.63, 3.8) is 0 Å². The zero-order valence-corrected chi connectivity index (χ0v) is 15.4. The average molecular weight is 375 g/mol. The van der Waals surface area contributed by atoms with Crippen molar-refractivity contribution in [1.29, 1.82) is 0 Å². The normalized spacial score (nSPS) is 12.4. The van der Waals surface area contributed by atoms with Crippen LogP contribution in [0.15, 0.2) is 59.5 Å². The van der Waals surface area contributed by atoms with Gasteiger partial charge in [-0.1, -0.05) is 43.3 Å². The van der Waals surface area contributed by atoms with Crippen molar-refractivity contribution in [1.82, 2.24) is 4.90 Å². The van der Waals surface area contributed by atoms with Gasteiger partial charge in [0.25, 0.3) is 5.91 Å². The molecule has 26 heavy (non-hydrogen) atoms. The third-order valence-electron chi connectivity index (χ3n) is 3.93. The van der Waals surface area contributed by atoms with Crippen molar-refractivity contribution in [2.24, 2.45) is 5.92 Å². The Balaban J connectivity index is 2.34. The highest BCUT2D eigenvalue weighted by Crippen LogP contribution is 2.16. The maximum absolute atomic E-state index is 12.9. The lowest BCUT2D eigenvalue weighted by atomic mass is 10.1. The Morgan fingerprint density at radius 1 is 1.08 bits per heavy atom. The second-order valence-electron chi connectivity index (χ2n) is 6.21. The number of benzene rings is 2.